The maximum atomic E-state index is 12.8. The minimum absolute atomic E-state index is 0.0570. The average Bonchev–Trinajstić information content (AvgIpc) is 2.41. The van der Waals surface area contributed by atoms with Gasteiger partial charge in [0.25, 0.3) is 10.0 Å². The van der Waals surface area contributed by atoms with Crippen LogP contribution in [0.4, 0.5) is 18.9 Å². The first-order chi connectivity index (χ1) is 10.5. The van der Waals surface area contributed by atoms with Crippen molar-refractivity contribution < 1.29 is 21.6 Å². The van der Waals surface area contributed by atoms with Gasteiger partial charge in [0.05, 0.1) is 26.2 Å². The Morgan fingerprint density at radius 2 is 1.83 bits per heavy atom. The molecule has 1 aromatic carbocycles. The number of sulfonamides is 1. The summed E-state index contributed by atoms with van der Waals surface area (Å²) in [4.78, 5) is 3.28. The number of rotatable bonds is 3. The molecule has 0 fully saturated rings. The van der Waals surface area contributed by atoms with E-state index in [1.54, 1.807) is 22.6 Å². The first-order valence-corrected chi connectivity index (χ1v) is 9.03. The van der Waals surface area contributed by atoms with Crippen LogP contribution in [0.1, 0.15) is 5.56 Å². The van der Waals surface area contributed by atoms with Gasteiger partial charge in [0.1, 0.15) is 3.70 Å². The van der Waals surface area contributed by atoms with Gasteiger partial charge in [-0.15, -0.1) is 0 Å². The number of nitrogens with zero attached hydrogens (tertiary/aromatic N) is 1. The summed E-state index contributed by atoms with van der Waals surface area (Å²) in [5.74, 6) is 0. The zero-order valence-electron chi connectivity index (χ0n) is 10.8. The molecule has 2 aromatic rings. The highest BCUT2D eigenvalue weighted by Gasteiger charge is 2.34. The number of anilines is 1. The van der Waals surface area contributed by atoms with E-state index in [9.17, 15) is 21.6 Å². The SMILES string of the molecule is O=S(=O)(Nc1cc(Cl)cnc1I)c1ccc(Cl)c(C(F)(F)F)c1. The molecule has 0 spiro atoms. The Morgan fingerprint density at radius 1 is 1.17 bits per heavy atom. The maximum absolute atomic E-state index is 12.8. The Labute approximate surface area is 153 Å². The van der Waals surface area contributed by atoms with E-state index in [0.29, 0.717) is 9.77 Å². The molecule has 1 N–H and O–H groups in total. The van der Waals surface area contributed by atoms with Gasteiger partial charge in [0.15, 0.2) is 0 Å². The summed E-state index contributed by atoms with van der Waals surface area (Å²) in [7, 11) is -4.26. The van der Waals surface area contributed by atoms with Crippen molar-refractivity contribution in [1.29, 1.82) is 0 Å². The molecule has 0 aliphatic carbocycles. The van der Waals surface area contributed by atoms with Gasteiger partial charge >= 0.3 is 6.18 Å². The number of benzene rings is 1. The van der Waals surface area contributed by atoms with Crippen molar-refractivity contribution >= 4 is 61.5 Å². The van der Waals surface area contributed by atoms with Crippen LogP contribution in [-0.2, 0) is 16.2 Å². The summed E-state index contributed by atoms with van der Waals surface area (Å²) in [6.07, 6.45) is -3.46. The summed E-state index contributed by atoms with van der Waals surface area (Å²) >= 11 is 13.0. The molecule has 1 heterocycles. The normalized spacial score (nSPS) is 12.3. The number of pyridine rings is 1. The van der Waals surface area contributed by atoms with Crippen molar-refractivity contribution in [1.82, 2.24) is 4.98 Å². The Kier molecular flexibility index (Phi) is 5.34. The zero-order valence-corrected chi connectivity index (χ0v) is 15.3. The standard InChI is InChI=1S/C12H6Cl2F3IN2O2S/c13-6-3-10(11(18)19-5-6)20-23(21,22)7-1-2-9(14)8(4-7)12(15,16)17/h1-5,20H. The predicted molar refractivity (Wildman–Crippen MR) is 89.2 cm³/mol. The van der Waals surface area contributed by atoms with Crippen LogP contribution in [0.15, 0.2) is 35.4 Å². The van der Waals surface area contributed by atoms with Crippen molar-refractivity contribution in [2.75, 3.05) is 4.72 Å². The number of hydrogen-bond acceptors (Lipinski definition) is 3. The Bertz CT molecular complexity index is 860. The smallest absolute Gasteiger partial charge is 0.277 e. The van der Waals surface area contributed by atoms with Gasteiger partial charge in [-0.2, -0.15) is 13.2 Å². The number of nitrogens with one attached hydrogen (secondary N) is 1. The molecule has 11 heteroatoms. The lowest BCUT2D eigenvalue weighted by Gasteiger charge is -2.13. The fourth-order valence-electron chi connectivity index (χ4n) is 1.59. The summed E-state index contributed by atoms with van der Waals surface area (Å²) in [6.45, 7) is 0. The largest absolute Gasteiger partial charge is 0.417 e. The summed E-state index contributed by atoms with van der Waals surface area (Å²) in [6, 6.07) is 3.62. The average molecular weight is 497 g/mol. The van der Waals surface area contributed by atoms with Crippen molar-refractivity contribution in [3.63, 3.8) is 0 Å². The Balaban J connectivity index is 2.46. The van der Waals surface area contributed by atoms with Crippen LogP contribution in [0.3, 0.4) is 0 Å². The van der Waals surface area contributed by atoms with Crippen molar-refractivity contribution in [3.8, 4) is 0 Å². The van der Waals surface area contributed by atoms with Gasteiger partial charge in [0, 0.05) is 6.20 Å². The molecule has 0 unspecified atom stereocenters. The number of alkyl halides is 3. The van der Waals surface area contributed by atoms with E-state index in [2.05, 4.69) is 9.71 Å². The lowest BCUT2D eigenvalue weighted by Crippen LogP contribution is -2.16. The lowest BCUT2D eigenvalue weighted by molar-refractivity contribution is -0.137. The Hall–Kier alpha value is -0.780. The second-order valence-corrected chi connectivity index (χ2v) is 7.78. The first kappa shape index (κ1) is 18.6. The minimum atomic E-state index is -4.77. The topological polar surface area (TPSA) is 59.1 Å². The molecule has 0 atom stereocenters. The van der Waals surface area contributed by atoms with Crippen LogP contribution in [-0.4, -0.2) is 13.4 Å². The third-order valence-electron chi connectivity index (χ3n) is 2.60. The molecule has 0 saturated heterocycles. The number of hydrogen-bond donors (Lipinski definition) is 1. The molecular weight excluding hydrogens is 491 g/mol. The number of aromatic nitrogens is 1. The quantitative estimate of drug-likeness (QED) is 0.490. The molecule has 4 nitrogen and oxygen atoms in total. The van der Waals surface area contributed by atoms with E-state index in [-0.39, 0.29) is 10.7 Å². The first-order valence-electron chi connectivity index (χ1n) is 5.71. The molecular formula is C12H6Cl2F3IN2O2S. The zero-order chi connectivity index (χ0) is 17.4. The van der Waals surface area contributed by atoms with Crippen LogP contribution in [0.5, 0.6) is 0 Å². The third kappa shape index (κ3) is 4.40. The molecule has 0 amide bonds. The molecule has 0 aliphatic heterocycles. The summed E-state index contributed by atoms with van der Waals surface area (Å²) in [5, 5.41) is -0.411. The van der Waals surface area contributed by atoms with Crippen molar-refractivity contribution in [3.05, 3.63) is 49.8 Å². The number of halogens is 6. The highest BCUT2D eigenvalue weighted by molar-refractivity contribution is 14.1. The van der Waals surface area contributed by atoms with Crippen LogP contribution < -0.4 is 4.72 Å². The van der Waals surface area contributed by atoms with E-state index >= 15 is 0 Å². The van der Waals surface area contributed by atoms with Crippen LogP contribution in [0.2, 0.25) is 10.0 Å². The summed E-state index contributed by atoms with van der Waals surface area (Å²) < 4.78 is 65.5. The van der Waals surface area contributed by atoms with Gasteiger partial charge in [0.2, 0.25) is 0 Å². The summed E-state index contributed by atoms with van der Waals surface area (Å²) in [5.41, 5.74) is -1.18. The fourth-order valence-corrected chi connectivity index (χ4v) is 3.67. The second-order valence-electron chi connectivity index (χ2n) is 4.24. The molecule has 2 rings (SSSR count). The van der Waals surface area contributed by atoms with Gasteiger partial charge in [-0.1, -0.05) is 23.2 Å². The van der Waals surface area contributed by atoms with E-state index in [1.807, 2.05) is 0 Å². The molecule has 0 aliphatic rings. The monoisotopic (exact) mass is 496 g/mol. The molecule has 0 saturated carbocycles. The van der Waals surface area contributed by atoms with Crippen LogP contribution >= 0.6 is 45.8 Å². The van der Waals surface area contributed by atoms with Gasteiger partial charge < -0.3 is 0 Å². The van der Waals surface area contributed by atoms with E-state index in [1.165, 1.54) is 12.3 Å². The van der Waals surface area contributed by atoms with Gasteiger partial charge in [-0.25, -0.2) is 13.4 Å². The van der Waals surface area contributed by atoms with Crippen molar-refractivity contribution in [2.45, 2.75) is 11.1 Å². The Morgan fingerprint density at radius 3 is 2.43 bits per heavy atom. The highest BCUT2D eigenvalue weighted by atomic mass is 127. The minimum Gasteiger partial charge on any atom is -0.277 e. The maximum Gasteiger partial charge on any atom is 0.417 e. The van der Waals surface area contributed by atoms with E-state index in [4.69, 9.17) is 23.2 Å². The van der Waals surface area contributed by atoms with Crippen LogP contribution in [0, 0.1) is 3.70 Å². The molecule has 124 valence electrons. The third-order valence-corrected chi connectivity index (χ3v) is 5.36. The molecule has 0 radical (unpaired) electrons. The van der Waals surface area contributed by atoms with E-state index in [0.717, 1.165) is 12.1 Å². The second kappa shape index (κ2) is 6.61. The van der Waals surface area contributed by atoms with E-state index < -0.39 is 31.7 Å². The van der Waals surface area contributed by atoms with Gasteiger partial charge in [-0.3, -0.25) is 4.72 Å². The highest BCUT2D eigenvalue weighted by Crippen LogP contribution is 2.36. The fraction of sp³-hybridized carbons (Fsp3) is 0.0833. The van der Waals surface area contributed by atoms with Crippen molar-refractivity contribution in [2.24, 2.45) is 0 Å². The van der Waals surface area contributed by atoms with Gasteiger partial charge in [-0.05, 0) is 46.9 Å². The molecule has 0 bridgehead atoms. The molecule has 23 heavy (non-hydrogen) atoms. The molecule has 1 aromatic heterocycles. The van der Waals surface area contributed by atoms with Crippen LogP contribution in [0.25, 0.3) is 0 Å². The predicted octanol–water partition coefficient (Wildman–Crippen LogP) is 4.81. The lowest BCUT2D eigenvalue weighted by atomic mass is 10.2.